The van der Waals surface area contributed by atoms with Crippen molar-refractivity contribution in [2.75, 3.05) is 6.54 Å². The number of benzene rings is 1. The van der Waals surface area contributed by atoms with Crippen LogP contribution in [0.15, 0.2) is 24.3 Å². The Balaban J connectivity index is 2.64. The first kappa shape index (κ1) is 10.2. The van der Waals surface area contributed by atoms with Gasteiger partial charge in [-0.2, -0.15) is 0 Å². The van der Waals surface area contributed by atoms with E-state index in [0.717, 1.165) is 5.56 Å². The van der Waals surface area contributed by atoms with Crippen LogP contribution in [0, 0.1) is 10.1 Å². The second kappa shape index (κ2) is 4.36. The smallest absolute Gasteiger partial charge is 0.335 e. The van der Waals surface area contributed by atoms with Crippen LogP contribution in [0.5, 0.6) is 0 Å². The van der Waals surface area contributed by atoms with Crippen LogP contribution in [0.4, 0.5) is 0 Å². The van der Waals surface area contributed by atoms with Gasteiger partial charge in [-0.25, -0.2) is 4.79 Å². The fourth-order valence-corrected chi connectivity index (χ4v) is 1.03. The van der Waals surface area contributed by atoms with Gasteiger partial charge in [0.05, 0.1) is 5.56 Å². The van der Waals surface area contributed by atoms with E-state index in [1.807, 2.05) is 0 Å². The average Bonchev–Trinajstić information content (AvgIpc) is 2.15. The maximum absolute atomic E-state index is 10.5. The lowest BCUT2D eigenvalue weighted by molar-refractivity contribution is -0.479. The lowest BCUT2D eigenvalue weighted by Gasteiger charge is -1.98. The molecule has 1 N–H and O–H groups in total. The molecule has 0 aliphatic heterocycles. The molecule has 0 fully saturated rings. The number of rotatable bonds is 4. The Morgan fingerprint density at radius 1 is 1.36 bits per heavy atom. The first-order chi connectivity index (χ1) is 6.59. The summed E-state index contributed by atoms with van der Waals surface area (Å²) in [7, 11) is 0. The summed E-state index contributed by atoms with van der Waals surface area (Å²) >= 11 is 0. The van der Waals surface area contributed by atoms with Crippen molar-refractivity contribution in [3.05, 3.63) is 45.5 Å². The third kappa shape index (κ3) is 2.85. The number of hydrogen-bond acceptors (Lipinski definition) is 3. The van der Waals surface area contributed by atoms with Gasteiger partial charge in [-0.05, 0) is 17.7 Å². The summed E-state index contributed by atoms with van der Waals surface area (Å²) in [5.74, 6) is -0.995. The maximum Gasteiger partial charge on any atom is 0.335 e. The van der Waals surface area contributed by atoms with Gasteiger partial charge in [0, 0.05) is 11.3 Å². The van der Waals surface area contributed by atoms with E-state index in [0.29, 0.717) is 6.42 Å². The van der Waals surface area contributed by atoms with E-state index in [1.54, 1.807) is 12.1 Å². The lowest BCUT2D eigenvalue weighted by atomic mass is 10.1. The van der Waals surface area contributed by atoms with Gasteiger partial charge in [-0.15, -0.1) is 0 Å². The van der Waals surface area contributed by atoms with E-state index in [4.69, 9.17) is 5.11 Å². The molecule has 0 aromatic heterocycles. The summed E-state index contributed by atoms with van der Waals surface area (Å²) in [5, 5.41) is 18.6. The number of carboxylic acids is 1. The second-order valence-electron chi connectivity index (χ2n) is 2.81. The number of nitro groups is 1. The third-order valence-electron chi connectivity index (χ3n) is 1.78. The van der Waals surface area contributed by atoms with Crippen molar-refractivity contribution in [2.24, 2.45) is 0 Å². The van der Waals surface area contributed by atoms with Crippen molar-refractivity contribution >= 4 is 5.97 Å². The van der Waals surface area contributed by atoms with Crippen molar-refractivity contribution < 1.29 is 14.8 Å². The van der Waals surface area contributed by atoms with Crippen LogP contribution in [-0.2, 0) is 6.42 Å². The normalized spacial score (nSPS) is 9.71. The van der Waals surface area contributed by atoms with Gasteiger partial charge in [0.15, 0.2) is 0 Å². The topological polar surface area (TPSA) is 80.4 Å². The first-order valence-corrected chi connectivity index (χ1v) is 4.03. The summed E-state index contributed by atoms with van der Waals surface area (Å²) in [6.45, 7) is -0.133. The molecule has 1 rings (SSSR count). The first-order valence-electron chi connectivity index (χ1n) is 4.03. The van der Waals surface area contributed by atoms with E-state index in [2.05, 4.69) is 0 Å². The highest BCUT2D eigenvalue weighted by Crippen LogP contribution is 2.05. The summed E-state index contributed by atoms with van der Waals surface area (Å²) in [4.78, 5) is 20.1. The van der Waals surface area contributed by atoms with Crippen LogP contribution in [0.1, 0.15) is 15.9 Å². The number of aromatic carboxylic acids is 1. The summed E-state index contributed by atoms with van der Waals surface area (Å²) < 4.78 is 0. The van der Waals surface area contributed by atoms with Gasteiger partial charge in [0.25, 0.3) is 0 Å². The number of hydrogen-bond donors (Lipinski definition) is 1. The molecular formula is C9H9NO4. The van der Waals surface area contributed by atoms with Gasteiger partial charge in [-0.3, -0.25) is 10.1 Å². The van der Waals surface area contributed by atoms with Gasteiger partial charge in [0.2, 0.25) is 6.54 Å². The van der Waals surface area contributed by atoms with Crippen LogP contribution in [0.2, 0.25) is 0 Å². The molecule has 0 saturated carbocycles. The summed E-state index contributed by atoms with van der Waals surface area (Å²) in [6, 6.07) is 6.06. The van der Waals surface area contributed by atoms with Crippen LogP contribution in [-0.4, -0.2) is 22.5 Å². The lowest BCUT2D eigenvalue weighted by Crippen LogP contribution is -2.04. The maximum atomic E-state index is 10.5. The molecule has 0 spiro atoms. The Labute approximate surface area is 80.1 Å². The molecule has 0 radical (unpaired) electrons. The minimum absolute atomic E-state index is 0.133. The molecule has 0 heterocycles. The average molecular weight is 195 g/mol. The highest BCUT2D eigenvalue weighted by atomic mass is 16.6. The van der Waals surface area contributed by atoms with Crippen molar-refractivity contribution in [3.8, 4) is 0 Å². The molecule has 1 aromatic carbocycles. The highest BCUT2D eigenvalue weighted by molar-refractivity contribution is 5.87. The van der Waals surface area contributed by atoms with E-state index in [-0.39, 0.29) is 12.1 Å². The highest BCUT2D eigenvalue weighted by Gasteiger charge is 2.03. The molecule has 0 aliphatic carbocycles. The Bertz CT molecular complexity index is 344. The van der Waals surface area contributed by atoms with Crippen LogP contribution in [0.3, 0.4) is 0 Å². The predicted molar refractivity (Wildman–Crippen MR) is 49.0 cm³/mol. The quantitative estimate of drug-likeness (QED) is 0.578. The number of carbonyl (C=O) groups is 1. The molecule has 0 amide bonds. The largest absolute Gasteiger partial charge is 0.478 e. The predicted octanol–water partition coefficient (Wildman–Crippen LogP) is 1.20. The van der Waals surface area contributed by atoms with Gasteiger partial charge < -0.3 is 5.11 Å². The number of nitrogens with zero attached hydrogens (tertiary/aromatic N) is 1. The van der Waals surface area contributed by atoms with Crippen LogP contribution < -0.4 is 0 Å². The Morgan fingerprint density at radius 3 is 2.36 bits per heavy atom. The van der Waals surface area contributed by atoms with Crippen molar-refractivity contribution in [3.63, 3.8) is 0 Å². The van der Waals surface area contributed by atoms with E-state index in [9.17, 15) is 14.9 Å². The van der Waals surface area contributed by atoms with Crippen molar-refractivity contribution in [1.29, 1.82) is 0 Å². The summed E-state index contributed by atoms with van der Waals surface area (Å²) in [6.07, 6.45) is 0.326. The zero-order chi connectivity index (χ0) is 10.6. The Hall–Kier alpha value is -1.91. The molecule has 1 aromatic rings. The molecule has 14 heavy (non-hydrogen) atoms. The van der Waals surface area contributed by atoms with Crippen molar-refractivity contribution in [2.45, 2.75) is 6.42 Å². The van der Waals surface area contributed by atoms with E-state index in [1.165, 1.54) is 12.1 Å². The second-order valence-corrected chi connectivity index (χ2v) is 2.81. The fraction of sp³-hybridized carbons (Fsp3) is 0.222. The minimum Gasteiger partial charge on any atom is -0.478 e. The molecule has 5 nitrogen and oxygen atoms in total. The SMILES string of the molecule is O=C(O)c1ccc(CC[N+](=O)[O-])cc1. The third-order valence-corrected chi connectivity index (χ3v) is 1.78. The monoisotopic (exact) mass is 195 g/mol. The Kier molecular flexibility index (Phi) is 3.17. The van der Waals surface area contributed by atoms with Gasteiger partial charge >= 0.3 is 5.97 Å². The molecule has 0 atom stereocenters. The van der Waals surface area contributed by atoms with Gasteiger partial charge in [-0.1, -0.05) is 12.1 Å². The Morgan fingerprint density at radius 2 is 1.93 bits per heavy atom. The molecular weight excluding hydrogens is 186 g/mol. The van der Waals surface area contributed by atoms with E-state index < -0.39 is 10.9 Å². The molecule has 0 bridgehead atoms. The van der Waals surface area contributed by atoms with Crippen LogP contribution in [0.25, 0.3) is 0 Å². The van der Waals surface area contributed by atoms with Crippen LogP contribution >= 0.6 is 0 Å². The fourth-order valence-electron chi connectivity index (χ4n) is 1.03. The zero-order valence-electron chi connectivity index (χ0n) is 7.34. The molecule has 0 saturated heterocycles. The molecule has 0 unspecified atom stereocenters. The standard InChI is InChI=1S/C9H9NO4/c11-9(12)8-3-1-7(2-4-8)5-6-10(13)14/h1-4H,5-6H2,(H,11,12). The summed E-state index contributed by atoms with van der Waals surface area (Å²) in [5.41, 5.74) is 0.960. The molecule has 0 aliphatic rings. The van der Waals surface area contributed by atoms with Gasteiger partial charge in [0.1, 0.15) is 0 Å². The molecule has 74 valence electrons. The zero-order valence-corrected chi connectivity index (χ0v) is 7.34. The number of carboxylic acid groups (broad SMARTS) is 1. The van der Waals surface area contributed by atoms with E-state index >= 15 is 0 Å². The molecule has 5 heteroatoms. The minimum atomic E-state index is -0.995. The van der Waals surface area contributed by atoms with Crippen molar-refractivity contribution in [1.82, 2.24) is 0 Å².